The quantitative estimate of drug-likeness (QED) is 0.401. The molecule has 0 fully saturated rings. The summed E-state index contributed by atoms with van der Waals surface area (Å²) >= 11 is 7.65. The number of carbonyl (C=O) groups excluding carboxylic acids is 1. The second-order valence-corrected chi connectivity index (χ2v) is 8.20. The summed E-state index contributed by atoms with van der Waals surface area (Å²) in [7, 11) is 0. The Morgan fingerprint density at radius 3 is 2.69 bits per heavy atom. The first-order chi connectivity index (χ1) is 13.9. The summed E-state index contributed by atoms with van der Waals surface area (Å²) in [6.07, 6.45) is 0. The zero-order valence-corrected chi connectivity index (χ0v) is 18.1. The molecule has 0 aromatic heterocycles. The van der Waals surface area contributed by atoms with Gasteiger partial charge in [0.25, 0.3) is 0 Å². The molecular weight excluding hydrogens is 406 g/mol. The molecule has 2 aromatic rings. The highest BCUT2D eigenvalue weighted by Crippen LogP contribution is 2.35. The smallest absolute Gasteiger partial charge is 0.318 e. The Balaban J connectivity index is 1.90. The number of hydrogen-bond acceptors (Lipinski definition) is 5. The zero-order chi connectivity index (χ0) is 20.9. The molecule has 1 heterocycles. The van der Waals surface area contributed by atoms with Crippen molar-refractivity contribution in [2.24, 2.45) is 10.4 Å². The molecular formula is C23H22ClNO3S. The molecule has 1 aliphatic heterocycles. The van der Waals surface area contributed by atoms with Crippen molar-refractivity contribution in [3.05, 3.63) is 81.5 Å². The Kier molecular flexibility index (Phi) is 6.86. The van der Waals surface area contributed by atoms with Crippen LogP contribution in [0.5, 0.6) is 5.75 Å². The molecule has 0 atom stereocenters. The van der Waals surface area contributed by atoms with E-state index in [4.69, 9.17) is 26.1 Å². The van der Waals surface area contributed by atoms with Crippen LogP contribution in [0.1, 0.15) is 31.9 Å². The van der Waals surface area contributed by atoms with Crippen molar-refractivity contribution in [2.45, 2.75) is 27.4 Å². The van der Waals surface area contributed by atoms with Gasteiger partial charge in [0.1, 0.15) is 28.5 Å². The van der Waals surface area contributed by atoms with E-state index < -0.39 is 5.41 Å². The SMILES string of the molecule is CCOC(=O)C(C)(C)C1=C=CSC(c2cc(Cl)ccc2OCc2ccccc2)=N1. The van der Waals surface area contributed by atoms with E-state index in [0.717, 1.165) is 11.1 Å². The fourth-order valence-electron chi connectivity index (χ4n) is 2.68. The second-order valence-electron chi connectivity index (χ2n) is 6.91. The molecule has 0 spiro atoms. The van der Waals surface area contributed by atoms with Gasteiger partial charge in [-0.05, 0) is 44.5 Å². The van der Waals surface area contributed by atoms with E-state index in [-0.39, 0.29) is 5.97 Å². The molecule has 150 valence electrons. The number of rotatable bonds is 7. The first-order valence-electron chi connectivity index (χ1n) is 9.26. The van der Waals surface area contributed by atoms with E-state index in [1.165, 1.54) is 11.8 Å². The number of benzene rings is 2. The van der Waals surface area contributed by atoms with Crippen LogP contribution in [-0.2, 0) is 16.1 Å². The lowest BCUT2D eigenvalue weighted by Crippen LogP contribution is -2.28. The van der Waals surface area contributed by atoms with Gasteiger partial charge >= 0.3 is 5.97 Å². The summed E-state index contributed by atoms with van der Waals surface area (Å²) in [5.74, 6) is 0.339. The van der Waals surface area contributed by atoms with Gasteiger partial charge in [-0.3, -0.25) is 4.79 Å². The maximum Gasteiger partial charge on any atom is 0.318 e. The summed E-state index contributed by atoms with van der Waals surface area (Å²) in [5, 5.41) is 3.07. The molecule has 29 heavy (non-hydrogen) atoms. The summed E-state index contributed by atoms with van der Waals surface area (Å²) in [6.45, 7) is 6.09. The van der Waals surface area contributed by atoms with Gasteiger partial charge in [0.2, 0.25) is 0 Å². The van der Waals surface area contributed by atoms with Crippen molar-refractivity contribution in [3.63, 3.8) is 0 Å². The van der Waals surface area contributed by atoms with Crippen molar-refractivity contribution in [1.29, 1.82) is 0 Å². The maximum absolute atomic E-state index is 12.4. The third-order valence-electron chi connectivity index (χ3n) is 4.37. The fraction of sp³-hybridized carbons (Fsp3) is 0.261. The Hall–Kier alpha value is -2.46. The van der Waals surface area contributed by atoms with Crippen LogP contribution >= 0.6 is 23.4 Å². The molecule has 0 unspecified atom stereocenters. The first kappa shape index (κ1) is 21.3. The van der Waals surface area contributed by atoms with E-state index in [1.807, 2.05) is 42.5 Å². The first-order valence-corrected chi connectivity index (χ1v) is 10.5. The summed E-state index contributed by atoms with van der Waals surface area (Å²) in [4.78, 5) is 17.1. The van der Waals surface area contributed by atoms with Crippen molar-refractivity contribution < 1.29 is 14.3 Å². The fourth-order valence-corrected chi connectivity index (χ4v) is 3.57. The standard InChI is InChI=1S/C23H22ClNO3S/c1-4-27-22(26)23(2,3)20-12-13-29-21(25-20)18-14-17(24)10-11-19(18)28-15-16-8-6-5-7-9-16/h5-11,13-14H,4,15H2,1-3H3. The van der Waals surface area contributed by atoms with Gasteiger partial charge in [0.05, 0.1) is 12.2 Å². The number of thioether (sulfide) groups is 1. The highest BCUT2D eigenvalue weighted by molar-refractivity contribution is 8.16. The van der Waals surface area contributed by atoms with Crippen LogP contribution in [0, 0.1) is 5.41 Å². The summed E-state index contributed by atoms with van der Waals surface area (Å²) in [5.41, 5.74) is 4.52. The minimum Gasteiger partial charge on any atom is -0.488 e. The van der Waals surface area contributed by atoms with Crippen LogP contribution in [0.15, 0.2) is 70.4 Å². The zero-order valence-electron chi connectivity index (χ0n) is 16.6. The van der Waals surface area contributed by atoms with E-state index in [0.29, 0.717) is 34.7 Å². The normalized spacial score (nSPS) is 13.5. The van der Waals surface area contributed by atoms with Gasteiger partial charge in [-0.15, -0.1) is 0 Å². The highest BCUT2D eigenvalue weighted by Gasteiger charge is 2.35. The maximum atomic E-state index is 12.4. The molecule has 0 radical (unpaired) electrons. The topological polar surface area (TPSA) is 47.9 Å². The van der Waals surface area contributed by atoms with Gasteiger partial charge in [-0.1, -0.05) is 59.4 Å². The molecule has 4 nitrogen and oxygen atoms in total. The predicted molar refractivity (Wildman–Crippen MR) is 118 cm³/mol. The van der Waals surface area contributed by atoms with Crippen LogP contribution in [-0.4, -0.2) is 17.6 Å². The van der Waals surface area contributed by atoms with Crippen LogP contribution in [0.2, 0.25) is 5.02 Å². The van der Waals surface area contributed by atoms with Crippen LogP contribution < -0.4 is 4.74 Å². The second kappa shape index (κ2) is 9.36. The van der Waals surface area contributed by atoms with Crippen molar-refractivity contribution >= 4 is 34.4 Å². The number of ether oxygens (including phenoxy) is 2. The Morgan fingerprint density at radius 2 is 1.97 bits per heavy atom. The largest absolute Gasteiger partial charge is 0.488 e. The van der Waals surface area contributed by atoms with E-state index in [9.17, 15) is 4.79 Å². The number of halogens is 1. The lowest BCUT2D eigenvalue weighted by Gasteiger charge is -2.23. The van der Waals surface area contributed by atoms with Crippen molar-refractivity contribution in [2.75, 3.05) is 6.61 Å². The summed E-state index contributed by atoms with van der Waals surface area (Å²) in [6, 6.07) is 15.4. The molecule has 0 aliphatic carbocycles. The molecule has 1 aliphatic rings. The molecule has 0 saturated carbocycles. The average Bonchev–Trinajstić information content (AvgIpc) is 2.74. The van der Waals surface area contributed by atoms with Crippen LogP contribution in [0.3, 0.4) is 0 Å². The van der Waals surface area contributed by atoms with E-state index in [1.54, 1.807) is 32.2 Å². The van der Waals surface area contributed by atoms with Crippen LogP contribution in [0.4, 0.5) is 0 Å². The van der Waals surface area contributed by atoms with Crippen molar-refractivity contribution in [3.8, 4) is 5.75 Å². The molecule has 3 rings (SSSR count). The Bertz CT molecular complexity index is 992. The number of esters is 1. The average molecular weight is 428 g/mol. The van der Waals surface area contributed by atoms with Crippen molar-refractivity contribution in [1.82, 2.24) is 0 Å². The molecule has 0 bridgehead atoms. The van der Waals surface area contributed by atoms with Crippen LogP contribution in [0.25, 0.3) is 0 Å². The predicted octanol–water partition coefficient (Wildman–Crippen LogP) is 6.00. The van der Waals surface area contributed by atoms with Gasteiger partial charge in [0.15, 0.2) is 0 Å². The monoisotopic (exact) mass is 427 g/mol. The Morgan fingerprint density at radius 1 is 1.21 bits per heavy atom. The van der Waals surface area contributed by atoms with E-state index in [2.05, 4.69) is 5.73 Å². The van der Waals surface area contributed by atoms with Gasteiger partial charge in [-0.25, -0.2) is 4.99 Å². The number of nitrogens with zero attached hydrogens (tertiary/aromatic N) is 1. The molecule has 0 amide bonds. The molecule has 2 aromatic carbocycles. The lowest BCUT2D eigenvalue weighted by molar-refractivity contribution is -0.151. The Labute approximate surface area is 180 Å². The third-order valence-corrected chi connectivity index (χ3v) is 5.37. The van der Waals surface area contributed by atoms with Gasteiger partial charge < -0.3 is 9.47 Å². The van der Waals surface area contributed by atoms with Gasteiger partial charge in [0, 0.05) is 10.4 Å². The number of hydrogen-bond donors (Lipinski definition) is 0. The molecule has 6 heteroatoms. The number of carbonyl (C=O) groups is 1. The lowest BCUT2D eigenvalue weighted by atomic mass is 9.90. The molecule has 0 N–H and O–H groups in total. The molecule has 0 saturated heterocycles. The third kappa shape index (κ3) is 5.13. The minimum atomic E-state index is -0.914. The van der Waals surface area contributed by atoms with E-state index >= 15 is 0 Å². The van der Waals surface area contributed by atoms with Gasteiger partial charge in [-0.2, -0.15) is 0 Å². The highest BCUT2D eigenvalue weighted by atomic mass is 35.5. The summed E-state index contributed by atoms with van der Waals surface area (Å²) < 4.78 is 11.2. The minimum absolute atomic E-state index is 0.316. The number of aliphatic imine (C=N–C) groups is 1.